The molecule has 0 N–H and O–H groups in total. The summed E-state index contributed by atoms with van der Waals surface area (Å²) in [6, 6.07) is 6.67. The molecule has 0 unspecified atom stereocenters. The molecule has 1 aromatic heterocycles. The number of nitriles is 1. The molecule has 1 fully saturated rings. The Balaban J connectivity index is 2.07. The standard InChI is InChI=1S/C12H15NS/c1-2-4-10-7-12(8-10,9-13)11-5-3-6-14-11/h3,5-6,10H,2,4,7-8H2,1H3. The van der Waals surface area contributed by atoms with Crippen LogP contribution in [0.25, 0.3) is 0 Å². The molecule has 0 saturated heterocycles. The minimum atomic E-state index is -0.117. The van der Waals surface area contributed by atoms with Gasteiger partial charge >= 0.3 is 0 Å². The predicted molar refractivity (Wildman–Crippen MR) is 59.2 cm³/mol. The van der Waals surface area contributed by atoms with Gasteiger partial charge in [0.1, 0.15) is 0 Å². The zero-order chi connectivity index (χ0) is 10.0. The lowest BCUT2D eigenvalue weighted by Crippen LogP contribution is -2.39. The summed E-state index contributed by atoms with van der Waals surface area (Å²) in [7, 11) is 0. The summed E-state index contributed by atoms with van der Waals surface area (Å²) >= 11 is 1.73. The molecule has 0 aromatic carbocycles. The summed E-state index contributed by atoms with van der Waals surface area (Å²) < 4.78 is 0. The maximum atomic E-state index is 9.25. The Morgan fingerprint density at radius 2 is 2.43 bits per heavy atom. The summed E-state index contributed by atoms with van der Waals surface area (Å²) in [4.78, 5) is 1.27. The number of rotatable bonds is 3. The first-order valence-electron chi connectivity index (χ1n) is 5.26. The fourth-order valence-electron chi connectivity index (χ4n) is 2.44. The molecule has 0 amide bonds. The van der Waals surface area contributed by atoms with E-state index in [2.05, 4.69) is 24.4 Å². The molecule has 0 bridgehead atoms. The van der Waals surface area contributed by atoms with Crippen LogP contribution < -0.4 is 0 Å². The van der Waals surface area contributed by atoms with Crippen molar-refractivity contribution in [3.63, 3.8) is 0 Å². The van der Waals surface area contributed by atoms with Crippen LogP contribution in [0.5, 0.6) is 0 Å². The van der Waals surface area contributed by atoms with E-state index in [0.29, 0.717) is 0 Å². The predicted octanol–water partition coefficient (Wildman–Crippen LogP) is 3.72. The van der Waals surface area contributed by atoms with Crippen molar-refractivity contribution >= 4 is 11.3 Å². The van der Waals surface area contributed by atoms with Gasteiger partial charge in [-0.3, -0.25) is 0 Å². The van der Waals surface area contributed by atoms with E-state index in [0.717, 1.165) is 18.8 Å². The van der Waals surface area contributed by atoms with Gasteiger partial charge in [0.15, 0.2) is 0 Å². The van der Waals surface area contributed by atoms with Crippen molar-refractivity contribution in [2.45, 2.75) is 38.0 Å². The summed E-state index contributed by atoms with van der Waals surface area (Å²) in [5, 5.41) is 11.3. The minimum absolute atomic E-state index is 0.117. The highest BCUT2D eigenvalue weighted by atomic mass is 32.1. The number of hydrogen-bond acceptors (Lipinski definition) is 2. The van der Waals surface area contributed by atoms with Crippen LogP contribution in [0.2, 0.25) is 0 Å². The molecule has 1 aliphatic carbocycles. The van der Waals surface area contributed by atoms with Crippen LogP contribution in [0, 0.1) is 17.2 Å². The molecule has 1 saturated carbocycles. The first kappa shape index (κ1) is 9.73. The Labute approximate surface area is 89.4 Å². The monoisotopic (exact) mass is 205 g/mol. The molecule has 0 radical (unpaired) electrons. The van der Waals surface area contributed by atoms with Crippen molar-refractivity contribution in [3.8, 4) is 6.07 Å². The molecule has 74 valence electrons. The number of hydrogen-bond donors (Lipinski definition) is 0. The highest BCUT2D eigenvalue weighted by Crippen LogP contribution is 2.50. The third kappa shape index (κ3) is 1.46. The summed E-state index contributed by atoms with van der Waals surface area (Å²) in [5.41, 5.74) is -0.117. The van der Waals surface area contributed by atoms with Crippen LogP contribution in [-0.2, 0) is 5.41 Å². The SMILES string of the molecule is CCCC1CC(C#N)(c2cccs2)C1. The topological polar surface area (TPSA) is 23.8 Å². The van der Waals surface area contributed by atoms with Gasteiger partial charge in [-0.25, -0.2) is 0 Å². The third-order valence-corrected chi connectivity index (χ3v) is 4.25. The molecular formula is C12H15NS. The molecule has 0 atom stereocenters. The van der Waals surface area contributed by atoms with Gasteiger partial charge in [-0.05, 0) is 30.2 Å². The Bertz CT molecular complexity index is 328. The molecule has 14 heavy (non-hydrogen) atoms. The summed E-state index contributed by atoms with van der Waals surface area (Å²) in [5.74, 6) is 0.793. The van der Waals surface area contributed by atoms with Crippen molar-refractivity contribution in [2.24, 2.45) is 5.92 Å². The smallest absolute Gasteiger partial charge is 0.0920 e. The Hall–Kier alpha value is -0.810. The van der Waals surface area contributed by atoms with E-state index in [-0.39, 0.29) is 5.41 Å². The summed E-state index contributed by atoms with van der Waals surface area (Å²) in [6.45, 7) is 2.22. The van der Waals surface area contributed by atoms with Crippen LogP contribution in [-0.4, -0.2) is 0 Å². The van der Waals surface area contributed by atoms with Crippen molar-refractivity contribution in [1.29, 1.82) is 5.26 Å². The molecule has 1 heterocycles. The minimum Gasteiger partial charge on any atom is -0.197 e. The van der Waals surface area contributed by atoms with Crippen LogP contribution in [0.4, 0.5) is 0 Å². The number of thiophene rings is 1. The Kier molecular flexibility index (Phi) is 2.60. The van der Waals surface area contributed by atoms with E-state index in [9.17, 15) is 5.26 Å². The van der Waals surface area contributed by atoms with Gasteiger partial charge in [0.25, 0.3) is 0 Å². The highest BCUT2D eigenvalue weighted by Gasteiger charge is 2.45. The third-order valence-electron chi connectivity index (χ3n) is 3.18. The molecule has 2 rings (SSSR count). The largest absolute Gasteiger partial charge is 0.197 e. The van der Waals surface area contributed by atoms with E-state index in [1.807, 2.05) is 6.07 Å². The highest BCUT2D eigenvalue weighted by molar-refractivity contribution is 7.10. The quantitative estimate of drug-likeness (QED) is 0.737. The van der Waals surface area contributed by atoms with Crippen molar-refractivity contribution in [1.82, 2.24) is 0 Å². The van der Waals surface area contributed by atoms with Gasteiger partial charge in [0.2, 0.25) is 0 Å². The van der Waals surface area contributed by atoms with E-state index in [1.165, 1.54) is 17.7 Å². The fourth-order valence-corrected chi connectivity index (χ4v) is 3.34. The lowest BCUT2D eigenvalue weighted by Gasteiger charge is -2.42. The Morgan fingerprint density at radius 1 is 1.64 bits per heavy atom. The van der Waals surface area contributed by atoms with Gasteiger partial charge in [0.05, 0.1) is 11.5 Å². The molecule has 0 spiro atoms. The average Bonchev–Trinajstić information content (AvgIpc) is 2.63. The van der Waals surface area contributed by atoms with Gasteiger partial charge in [-0.1, -0.05) is 25.8 Å². The zero-order valence-corrected chi connectivity index (χ0v) is 9.31. The van der Waals surface area contributed by atoms with Crippen LogP contribution in [0.3, 0.4) is 0 Å². The fraction of sp³-hybridized carbons (Fsp3) is 0.583. The van der Waals surface area contributed by atoms with Gasteiger partial charge in [-0.2, -0.15) is 5.26 Å². The second-order valence-electron chi connectivity index (χ2n) is 4.23. The van der Waals surface area contributed by atoms with E-state index in [4.69, 9.17) is 0 Å². The Morgan fingerprint density at radius 3 is 2.93 bits per heavy atom. The second-order valence-corrected chi connectivity index (χ2v) is 5.18. The van der Waals surface area contributed by atoms with Crippen LogP contribution in [0.15, 0.2) is 17.5 Å². The lowest BCUT2D eigenvalue weighted by atomic mass is 9.61. The zero-order valence-electron chi connectivity index (χ0n) is 8.49. The molecular weight excluding hydrogens is 190 g/mol. The normalized spacial score (nSPS) is 30.7. The van der Waals surface area contributed by atoms with Gasteiger partial charge in [0, 0.05) is 4.88 Å². The summed E-state index contributed by atoms with van der Waals surface area (Å²) in [6.07, 6.45) is 4.70. The lowest BCUT2D eigenvalue weighted by molar-refractivity contribution is 0.188. The molecule has 0 aliphatic heterocycles. The van der Waals surface area contributed by atoms with E-state index < -0.39 is 0 Å². The van der Waals surface area contributed by atoms with Crippen LogP contribution in [0.1, 0.15) is 37.5 Å². The molecule has 1 nitrogen and oxygen atoms in total. The maximum absolute atomic E-state index is 9.25. The first-order chi connectivity index (χ1) is 6.80. The van der Waals surface area contributed by atoms with Gasteiger partial charge in [-0.15, -0.1) is 11.3 Å². The molecule has 2 heteroatoms. The average molecular weight is 205 g/mol. The molecule has 1 aliphatic rings. The molecule has 1 aromatic rings. The van der Waals surface area contributed by atoms with Crippen molar-refractivity contribution < 1.29 is 0 Å². The maximum Gasteiger partial charge on any atom is 0.0920 e. The second kappa shape index (κ2) is 3.74. The van der Waals surface area contributed by atoms with Gasteiger partial charge < -0.3 is 0 Å². The van der Waals surface area contributed by atoms with Crippen molar-refractivity contribution in [2.75, 3.05) is 0 Å². The van der Waals surface area contributed by atoms with E-state index >= 15 is 0 Å². The van der Waals surface area contributed by atoms with E-state index in [1.54, 1.807) is 11.3 Å². The number of nitrogens with zero attached hydrogens (tertiary/aromatic N) is 1. The first-order valence-corrected chi connectivity index (χ1v) is 6.14. The van der Waals surface area contributed by atoms with Crippen molar-refractivity contribution in [3.05, 3.63) is 22.4 Å². The van der Waals surface area contributed by atoms with Crippen LogP contribution >= 0.6 is 11.3 Å².